The first-order valence-corrected chi connectivity index (χ1v) is 11.6. The summed E-state index contributed by atoms with van der Waals surface area (Å²) in [7, 11) is 0. The van der Waals surface area contributed by atoms with Gasteiger partial charge in [0.05, 0.1) is 18.4 Å². The summed E-state index contributed by atoms with van der Waals surface area (Å²) in [6.07, 6.45) is 13.0. The fourth-order valence-corrected chi connectivity index (χ4v) is 4.08. The van der Waals surface area contributed by atoms with Crippen LogP contribution in [0.5, 0.6) is 5.75 Å². The second-order valence-electron chi connectivity index (χ2n) is 8.38. The van der Waals surface area contributed by atoms with Crippen molar-refractivity contribution in [2.24, 2.45) is 11.8 Å². The number of benzene rings is 1. The Balaban J connectivity index is 1.72. The van der Waals surface area contributed by atoms with E-state index in [2.05, 4.69) is 6.92 Å². The summed E-state index contributed by atoms with van der Waals surface area (Å²) >= 11 is 0. The van der Waals surface area contributed by atoms with E-state index in [9.17, 15) is 9.59 Å². The average molecular weight is 403 g/mol. The molecule has 1 aromatic rings. The van der Waals surface area contributed by atoms with Crippen molar-refractivity contribution >= 4 is 11.9 Å². The summed E-state index contributed by atoms with van der Waals surface area (Å²) in [6, 6.07) is 7.46. The molecule has 4 heteroatoms. The molecule has 1 aliphatic carbocycles. The molecule has 0 aromatic heterocycles. The highest BCUT2D eigenvalue weighted by Gasteiger charge is 2.38. The summed E-state index contributed by atoms with van der Waals surface area (Å²) in [6.45, 7) is 4.65. The Kier molecular flexibility index (Phi) is 10.8. The van der Waals surface area contributed by atoms with Crippen molar-refractivity contribution in [3.8, 4) is 5.75 Å². The molecule has 1 saturated carbocycles. The minimum absolute atomic E-state index is 0.223. The van der Waals surface area contributed by atoms with Gasteiger partial charge in [-0.2, -0.15) is 0 Å². The summed E-state index contributed by atoms with van der Waals surface area (Å²) in [5.41, 5.74) is 1.04. The molecule has 162 valence electrons. The van der Waals surface area contributed by atoms with E-state index >= 15 is 0 Å². The first-order chi connectivity index (χ1) is 14.1. The van der Waals surface area contributed by atoms with Gasteiger partial charge in [-0.05, 0) is 43.9 Å². The Bertz CT molecular complexity index is 625. The van der Waals surface area contributed by atoms with Crippen LogP contribution in [0.4, 0.5) is 0 Å². The number of unbranched alkanes of at least 4 members (excludes halogenated alkanes) is 7. The minimum Gasteiger partial charge on any atom is -0.465 e. The van der Waals surface area contributed by atoms with Gasteiger partial charge in [0.25, 0.3) is 0 Å². The number of rotatable bonds is 12. The third-order valence-corrected chi connectivity index (χ3v) is 5.82. The highest BCUT2D eigenvalue weighted by molar-refractivity contribution is 5.83. The Morgan fingerprint density at radius 2 is 1.52 bits per heavy atom. The van der Waals surface area contributed by atoms with Crippen molar-refractivity contribution in [2.45, 2.75) is 90.9 Å². The van der Waals surface area contributed by atoms with Crippen molar-refractivity contribution in [2.75, 3.05) is 6.61 Å². The number of aryl methyl sites for hydroxylation is 1. The normalized spacial score (nSPS) is 19.0. The number of hydrogen-bond donors (Lipinski definition) is 0. The van der Waals surface area contributed by atoms with E-state index < -0.39 is 5.92 Å². The van der Waals surface area contributed by atoms with Gasteiger partial charge in [0.15, 0.2) is 0 Å². The molecule has 0 aliphatic heterocycles. The molecule has 0 amide bonds. The second-order valence-corrected chi connectivity index (χ2v) is 8.38. The van der Waals surface area contributed by atoms with Crippen molar-refractivity contribution in [3.05, 3.63) is 29.8 Å². The summed E-state index contributed by atoms with van der Waals surface area (Å²) < 4.78 is 11.1. The van der Waals surface area contributed by atoms with Crippen molar-refractivity contribution in [3.63, 3.8) is 0 Å². The van der Waals surface area contributed by atoms with Gasteiger partial charge in [-0.3, -0.25) is 9.59 Å². The predicted octanol–water partition coefficient (Wildman–Crippen LogP) is 6.39. The maximum absolute atomic E-state index is 12.7. The van der Waals surface area contributed by atoms with Gasteiger partial charge < -0.3 is 9.47 Å². The Hall–Kier alpha value is -1.84. The third kappa shape index (κ3) is 8.59. The zero-order valence-corrected chi connectivity index (χ0v) is 18.3. The maximum atomic E-state index is 12.7. The first-order valence-electron chi connectivity index (χ1n) is 11.6. The highest BCUT2D eigenvalue weighted by atomic mass is 16.5. The molecule has 2 atom stereocenters. The van der Waals surface area contributed by atoms with Crippen LogP contribution in [0.15, 0.2) is 24.3 Å². The fourth-order valence-electron chi connectivity index (χ4n) is 4.08. The lowest BCUT2D eigenvalue weighted by atomic mass is 9.79. The first kappa shape index (κ1) is 23.4. The Morgan fingerprint density at radius 3 is 2.17 bits per heavy atom. The van der Waals surface area contributed by atoms with Gasteiger partial charge in [0.2, 0.25) is 0 Å². The molecule has 2 rings (SSSR count). The maximum Gasteiger partial charge on any atom is 0.315 e. The SMILES string of the molecule is CCCCCCCCCCOC(=O)C1CCCCC1C(=O)Oc1cccc(C)c1. The lowest BCUT2D eigenvalue weighted by molar-refractivity contribution is -0.158. The predicted molar refractivity (Wildman–Crippen MR) is 116 cm³/mol. The molecule has 1 aromatic carbocycles. The van der Waals surface area contributed by atoms with E-state index in [-0.39, 0.29) is 17.9 Å². The quantitative estimate of drug-likeness (QED) is 0.231. The number of hydrogen-bond acceptors (Lipinski definition) is 4. The zero-order valence-electron chi connectivity index (χ0n) is 18.3. The van der Waals surface area contributed by atoms with E-state index in [0.717, 1.165) is 31.2 Å². The van der Waals surface area contributed by atoms with E-state index in [0.29, 0.717) is 25.2 Å². The van der Waals surface area contributed by atoms with Crippen LogP contribution in [-0.4, -0.2) is 18.5 Å². The van der Waals surface area contributed by atoms with Crippen LogP contribution in [-0.2, 0) is 14.3 Å². The molecule has 0 saturated heterocycles. The van der Waals surface area contributed by atoms with Gasteiger partial charge in [-0.1, -0.05) is 76.8 Å². The van der Waals surface area contributed by atoms with Crippen LogP contribution in [0, 0.1) is 18.8 Å². The number of carbonyl (C=O) groups excluding carboxylic acids is 2. The van der Waals surface area contributed by atoms with Crippen LogP contribution in [0.1, 0.15) is 89.5 Å². The van der Waals surface area contributed by atoms with Gasteiger partial charge >= 0.3 is 11.9 Å². The molecule has 2 unspecified atom stereocenters. The Labute approximate surface area is 176 Å². The number of carbonyl (C=O) groups is 2. The van der Waals surface area contributed by atoms with Crippen molar-refractivity contribution < 1.29 is 19.1 Å². The van der Waals surface area contributed by atoms with Gasteiger partial charge in [0, 0.05) is 0 Å². The molecule has 1 aliphatic rings. The largest absolute Gasteiger partial charge is 0.465 e. The molecule has 0 spiro atoms. The molecular formula is C25H38O4. The minimum atomic E-state index is -0.393. The van der Waals surface area contributed by atoms with Crippen LogP contribution in [0.3, 0.4) is 0 Å². The monoisotopic (exact) mass is 402 g/mol. The highest BCUT2D eigenvalue weighted by Crippen LogP contribution is 2.32. The van der Waals surface area contributed by atoms with E-state index in [1.54, 1.807) is 6.07 Å². The van der Waals surface area contributed by atoms with Crippen LogP contribution in [0.25, 0.3) is 0 Å². The molecule has 0 heterocycles. The summed E-state index contributed by atoms with van der Waals surface area (Å²) in [4.78, 5) is 25.3. The summed E-state index contributed by atoms with van der Waals surface area (Å²) in [5.74, 6) is -0.736. The molecule has 0 bridgehead atoms. The van der Waals surface area contributed by atoms with E-state index in [4.69, 9.17) is 9.47 Å². The third-order valence-electron chi connectivity index (χ3n) is 5.82. The number of ether oxygens (including phenoxy) is 2. The Morgan fingerprint density at radius 1 is 0.897 bits per heavy atom. The average Bonchev–Trinajstić information content (AvgIpc) is 2.72. The fraction of sp³-hybridized carbons (Fsp3) is 0.680. The van der Waals surface area contributed by atoms with Crippen LogP contribution >= 0.6 is 0 Å². The standard InChI is InChI=1S/C25H38O4/c1-3-4-5-6-7-8-9-12-18-28-24(26)22-16-10-11-17-23(22)25(27)29-21-15-13-14-20(2)19-21/h13-15,19,22-23H,3-12,16-18H2,1-2H3. The molecule has 0 radical (unpaired) electrons. The topological polar surface area (TPSA) is 52.6 Å². The van der Waals surface area contributed by atoms with Gasteiger partial charge in [-0.15, -0.1) is 0 Å². The van der Waals surface area contributed by atoms with Crippen molar-refractivity contribution in [1.82, 2.24) is 0 Å². The zero-order chi connectivity index (χ0) is 20.9. The molecule has 0 N–H and O–H groups in total. The van der Waals surface area contributed by atoms with Crippen LogP contribution in [0.2, 0.25) is 0 Å². The van der Waals surface area contributed by atoms with Crippen molar-refractivity contribution in [1.29, 1.82) is 0 Å². The smallest absolute Gasteiger partial charge is 0.315 e. The molecular weight excluding hydrogens is 364 g/mol. The van der Waals surface area contributed by atoms with Gasteiger partial charge in [-0.25, -0.2) is 0 Å². The van der Waals surface area contributed by atoms with E-state index in [1.165, 1.54) is 38.5 Å². The second kappa shape index (κ2) is 13.4. The lowest BCUT2D eigenvalue weighted by Gasteiger charge is -2.28. The molecule has 4 nitrogen and oxygen atoms in total. The van der Waals surface area contributed by atoms with Crippen LogP contribution < -0.4 is 4.74 Å². The molecule has 29 heavy (non-hydrogen) atoms. The lowest BCUT2D eigenvalue weighted by Crippen LogP contribution is -2.36. The van der Waals surface area contributed by atoms with E-state index in [1.807, 2.05) is 25.1 Å². The number of esters is 2. The summed E-state index contributed by atoms with van der Waals surface area (Å²) in [5, 5.41) is 0. The molecule has 1 fully saturated rings. The van der Waals surface area contributed by atoms with Gasteiger partial charge in [0.1, 0.15) is 5.75 Å².